The largest absolute Gasteiger partial charge is 0.352 e. The Morgan fingerprint density at radius 1 is 1.21 bits per heavy atom. The number of nitrogens with one attached hydrogen (secondary N) is 1. The van der Waals surface area contributed by atoms with Crippen molar-refractivity contribution < 1.29 is 4.79 Å². The topological polar surface area (TPSA) is 34.0 Å². The Kier molecular flexibility index (Phi) is 4.67. The van der Waals surface area contributed by atoms with Gasteiger partial charge >= 0.3 is 0 Å². The molecule has 1 aromatic heterocycles. The summed E-state index contributed by atoms with van der Waals surface area (Å²) >= 11 is 0. The Bertz CT molecular complexity index is 440. The van der Waals surface area contributed by atoms with E-state index >= 15 is 0 Å². The number of hydrogen-bond acceptors (Lipinski definition) is 1. The van der Waals surface area contributed by atoms with Crippen molar-refractivity contribution in [3.05, 3.63) is 23.0 Å². The van der Waals surface area contributed by atoms with E-state index in [2.05, 4.69) is 36.9 Å². The van der Waals surface area contributed by atoms with Gasteiger partial charge in [0.05, 0.1) is 0 Å². The third-order valence-electron chi connectivity index (χ3n) is 4.45. The fourth-order valence-corrected chi connectivity index (χ4v) is 2.94. The van der Waals surface area contributed by atoms with Gasteiger partial charge in [0, 0.05) is 17.9 Å². The SMILES string of the molecule is Cc1cn(CC(=O)NC2CCCCCC2)c(C)c1C. The highest BCUT2D eigenvalue weighted by atomic mass is 16.2. The third-order valence-corrected chi connectivity index (χ3v) is 4.45. The molecule has 1 saturated carbocycles. The van der Waals surface area contributed by atoms with Crippen LogP contribution < -0.4 is 5.32 Å². The van der Waals surface area contributed by atoms with Gasteiger partial charge in [0.25, 0.3) is 0 Å². The van der Waals surface area contributed by atoms with Gasteiger partial charge in [0.1, 0.15) is 6.54 Å². The van der Waals surface area contributed by atoms with Gasteiger partial charge in [-0.15, -0.1) is 0 Å². The molecule has 1 aromatic rings. The Hall–Kier alpha value is -1.25. The molecule has 19 heavy (non-hydrogen) atoms. The summed E-state index contributed by atoms with van der Waals surface area (Å²) in [5, 5.41) is 3.20. The molecule has 1 aliphatic carbocycles. The van der Waals surface area contributed by atoms with Gasteiger partial charge in [-0.3, -0.25) is 4.79 Å². The van der Waals surface area contributed by atoms with Gasteiger partial charge in [-0.25, -0.2) is 0 Å². The van der Waals surface area contributed by atoms with Crippen LogP contribution in [0.5, 0.6) is 0 Å². The van der Waals surface area contributed by atoms with Crippen molar-refractivity contribution >= 4 is 5.91 Å². The summed E-state index contributed by atoms with van der Waals surface area (Å²) in [6.07, 6.45) is 9.53. The molecule has 0 spiro atoms. The number of carbonyl (C=O) groups is 1. The zero-order chi connectivity index (χ0) is 13.8. The molecule has 106 valence electrons. The Labute approximate surface area is 116 Å². The number of carbonyl (C=O) groups excluding carboxylic acids is 1. The summed E-state index contributed by atoms with van der Waals surface area (Å²) in [5.41, 5.74) is 3.76. The minimum absolute atomic E-state index is 0.157. The van der Waals surface area contributed by atoms with Crippen molar-refractivity contribution in [2.45, 2.75) is 71.9 Å². The van der Waals surface area contributed by atoms with E-state index < -0.39 is 0 Å². The molecule has 0 aliphatic heterocycles. The number of amides is 1. The molecule has 2 rings (SSSR count). The van der Waals surface area contributed by atoms with Gasteiger partial charge < -0.3 is 9.88 Å². The molecule has 0 saturated heterocycles. The normalized spacial score (nSPS) is 17.2. The third kappa shape index (κ3) is 3.62. The molecule has 1 fully saturated rings. The van der Waals surface area contributed by atoms with Crippen LogP contribution in [0.2, 0.25) is 0 Å². The zero-order valence-electron chi connectivity index (χ0n) is 12.5. The number of aromatic nitrogens is 1. The first-order valence-corrected chi connectivity index (χ1v) is 7.50. The number of rotatable bonds is 3. The molecular weight excluding hydrogens is 236 g/mol. The summed E-state index contributed by atoms with van der Waals surface area (Å²) in [7, 11) is 0. The van der Waals surface area contributed by atoms with Gasteiger partial charge in [-0.05, 0) is 44.7 Å². The molecule has 1 aliphatic rings. The lowest BCUT2D eigenvalue weighted by atomic mass is 10.1. The molecule has 0 unspecified atom stereocenters. The first kappa shape index (κ1) is 14.2. The van der Waals surface area contributed by atoms with Gasteiger partial charge in [-0.1, -0.05) is 25.7 Å². The van der Waals surface area contributed by atoms with Crippen molar-refractivity contribution in [2.24, 2.45) is 0 Å². The Morgan fingerprint density at radius 3 is 2.37 bits per heavy atom. The monoisotopic (exact) mass is 262 g/mol. The molecule has 1 heterocycles. The summed E-state index contributed by atoms with van der Waals surface area (Å²) in [4.78, 5) is 12.1. The van der Waals surface area contributed by atoms with Crippen LogP contribution in [0.1, 0.15) is 55.3 Å². The van der Waals surface area contributed by atoms with E-state index in [-0.39, 0.29) is 5.91 Å². The maximum absolute atomic E-state index is 12.1. The summed E-state index contributed by atoms with van der Waals surface area (Å²) in [5.74, 6) is 0.157. The lowest BCUT2D eigenvalue weighted by Crippen LogP contribution is -2.36. The highest BCUT2D eigenvalue weighted by Crippen LogP contribution is 2.18. The van der Waals surface area contributed by atoms with Crippen LogP contribution in [0.25, 0.3) is 0 Å². The highest BCUT2D eigenvalue weighted by Gasteiger charge is 2.15. The maximum Gasteiger partial charge on any atom is 0.240 e. The second-order valence-corrected chi connectivity index (χ2v) is 5.91. The van der Waals surface area contributed by atoms with Gasteiger partial charge in [-0.2, -0.15) is 0 Å². The predicted octanol–water partition coefficient (Wildman–Crippen LogP) is 3.25. The van der Waals surface area contributed by atoms with Crippen LogP contribution in [-0.4, -0.2) is 16.5 Å². The number of nitrogens with zero attached hydrogens (tertiary/aromatic N) is 1. The average Bonchev–Trinajstić information content (AvgIpc) is 2.61. The molecule has 3 heteroatoms. The number of aryl methyl sites for hydroxylation is 1. The molecular formula is C16H26N2O. The van der Waals surface area contributed by atoms with Crippen LogP contribution in [0.4, 0.5) is 0 Å². The maximum atomic E-state index is 12.1. The smallest absolute Gasteiger partial charge is 0.240 e. The first-order valence-electron chi connectivity index (χ1n) is 7.50. The van der Waals surface area contributed by atoms with E-state index in [0.29, 0.717) is 12.6 Å². The molecule has 1 amide bonds. The van der Waals surface area contributed by atoms with Crippen molar-refractivity contribution in [1.82, 2.24) is 9.88 Å². The van der Waals surface area contributed by atoms with Crippen LogP contribution in [0.15, 0.2) is 6.20 Å². The standard InChI is InChI=1S/C16H26N2O/c1-12-10-18(14(3)13(12)2)11-16(19)17-15-8-6-4-5-7-9-15/h10,15H,4-9,11H2,1-3H3,(H,17,19). The molecule has 3 nitrogen and oxygen atoms in total. The van der Waals surface area contributed by atoms with E-state index in [1.54, 1.807) is 0 Å². The number of hydrogen-bond donors (Lipinski definition) is 1. The lowest BCUT2D eigenvalue weighted by Gasteiger charge is -2.17. The fourth-order valence-electron chi connectivity index (χ4n) is 2.94. The highest BCUT2D eigenvalue weighted by molar-refractivity contribution is 5.76. The van der Waals surface area contributed by atoms with E-state index in [9.17, 15) is 4.79 Å². The first-order chi connectivity index (χ1) is 9.08. The second kappa shape index (κ2) is 6.27. The van der Waals surface area contributed by atoms with E-state index in [4.69, 9.17) is 0 Å². The molecule has 0 atom stereocenters. The second-order valence-electron chi connectivity index (χ2n) is 5.91. The molecule has 1 N–H and O–H groups in total. The molecule has 0 radical (unpaired) electrons. The van der Waals surface area contributed by atoms with Gasteiger partial charge in [0.15, 0.2) is 0 Å². The van der Waals surface area contributed by atoms with Crippen molar-refractivity contribution in [3.63, 3.8) is 0 Å². The lowest BCUT2D eigenvalue weighted by molar-refractivity contribution is -0.122. The van der Waals surface area contributed by atoms with Gasteiger partial charge in [0.2, 0.25) is 5.91 Å². The predicted molar refractivity (Wildman–Crippen MR) is 78.3 cm³/mol. The summed E-state index contributed by atoms with van der Waals surface area (Å²) in [6.45, 7) is 6.75. The minimum Gasteiger partial charge on any atom is -0.352 e. The van der Waals surface area contributed by atoms with Crippen LogP contribution in [-0.2, 0) is 11.3 Å². The summed E-state index contributed by atoms with van der Waals surface area (Å²) in [6, 6.07) is 0.396. The van der Waals surface area contributed by atoms with Crippen LogP contribution in [0.3, 0.4) is 0 Å². The Balaban J connectivity index is 1.91. The van der Waals surface area contributed by atoms with E-state index in [0.717, 1.165) is 12.8 Å². The van der Waals surface area contributed by atoms with Crippen LogP contribution >= 0.6 is 0 Å². The fraction of sp³-hybridized carbons (Fsp3) is 0.688. The quantitative estimate of drug-likeness (QED) is 0.834. The molecule has 0 aromatic carbocycles. The van der Waals surface area contributed by atoms with Crippen LogP contribution in [0, 0.1) is 20.8 Å². The average molecular weight is 262 g/mol. The van der Waals surface area contributed by atoms with Crippen molar-refractivity contribution in [3.8, 4) is 0 Å². The Morgan fingerprint density at radius 2 is 1.84 bits per heavy atom. The minimum atomic E-state index is 0.157. The molecule has 0 bridgehead atoms. The van der Waals surface area contributed by atoms with E-state index in [1.807, 2.05) is 0 Å². The van der Waals surface area contributed by atoms with E-state index in [1.165, 1.54) is 42.5 Å². The zero-order valence-corrected chi connectivity index (χ0v) is 12.5. The van der Waals surface area contributed by atoms with Crippen molar-refractivity contribution in [2.75, 3.05) is 0 Å². The van der Waals surface area contributed by atoms with Crippen molar-refractivity contribution in [1.29, 1.82) is 0 Å². The summed E-state index contributed by atoms with van der Waals surface area (Å²) < 4.78 is 2.07.